The van der Waals surface area contributed by atoms with Crippen molar-refractivity contribution in [1.82, 2.24) is 15.0 Å². The predicted molar refractivity (Wildman–Crippen MR) is 63.8 cm³/mol. The summed E-state index contributed by atoms with van der Waals surface area (Å²) in [6.07, 6.45) is 1.31. The van der Waals surface area contributed by atoms with E-state index in [2.05, 4.69) is 15.0 Å². The molecule has 0 amide bonds. The van der Waals surface area contributed by atoms with Crippen LogP contribution >= 0.6 is 0 Å². The molecule has 0 aliphatic rings. The number of hydrogen-bond donors (Lipinski definition) is 0. The van der Waals surface area contributed by atoms with E-state index in [9.17, 15) is 9.90 Å². The molecule has 0 unspecified atom stereocenters. The van der Waals surface area contributed by atoms with Gasteiger partial charge in [0.05, 0.1) is 26.3 Å². The van der Waals surface area contributed by atoms with Crippen LogP contribution in [0, 0.1) is 0 Å². The van der Waals surface area contributed by atoms with Gasteiger partial charge in [-0.1, -0.05) is 0 Å². The molecule has 21 heavy (non-hydrogen) atoms. The zero-order valence-electron chi connectivity index (χ0n) is 11.7. The van der Waals surface area contributed by atoms with Crippen molar-refractivity contribution in [2.24, 2.45) is 0 Å². The van der Waals surface area contributed by atoms with Gasteiger partial charge in [-0.25, -0.2) is 0 Å². The van der Waals surface area contributed by atoms with Gasteiger partial charge in [0.25, 0.3) is 0 Å². The molecule has 9 heteroatoms. The normalized spacial score (nSPS) is 9.43. The average Bonchev–Trinajstić information content (AvgIpc) is 2.47. The van der Waals surface area contributed by atoms with Crippen LogP contribution in [-0.4, -0.2) is 35.1 Å². The molecule has 2 aromatic rings. The summed E-state index contributed by atoms with van der Waals surface area (Å²) in [6, 6.07) is 4.25. The van der Waals surface area contributed by atoms with Gasteiger partial charge in [-0.2, -0.15) is 9.97 Å². The molecule has 2 aromatic heterocycles. The smallest absolute Gasteiger partial charge is 0.543 e. The summed E-state index contributed by atoms with van der Waals surface area (Å²) in [5, 5.41) is 10.9. The van der Waals surface area contributed by atoms with Crippen molar-refractivity contribution in [2.75, 3.05) is 14.2 Å². The summed E-state index contributed by atoms with van der Waals surface area (Å²) < 4.78 is 15.2. The molecule has 0 aromatic carbocycles. The molecule has 0 N–H and O–H groups in total. The number of nitrogens with zero attached hydrogens (tertiary/aromatic N) is 3. The van der Waals surface area contributed by atoms with E-state index in [1.54, 1.807) is 0 Å². The van der Waals surface area contributed by atoms with E-state index in [4.69, 9.17) is 14.2 Å². The number of pyridine rings is 1. The van der Waals surface area contributed by atoms with E-state index in [0.29, 0.717) is 0 Å². The number of hydrogen-bond acceptors (Lipinski definition) is 8. The molecule has 0 fully saturated rings. The van der Waals surface area contributed by atoms with E-state index in [-0.39, 0.29) is 58.8 Å². The van der Waals surface area contributed by atoms with Gasteiger partial charge in [-0.05, 0) is 12.1 Å². The Hall–Kier alpha value is -1.90. The monoisotopic (exact) mass is 299 g/mol. The first kappa shape index (κ1) is 17.2. The number of carboxylic acid groups (broad SMARTS) is 1. The Labute approximate surface area is 142 Å². The summed E-state index contributed by atoms with van der Waals surface area (Å²) in [6.45, 7) is 0. The number of carbonyl (C=O) groups excluding carboxylic acids is 1. The number of methoxy groups -OCH3 is 2. The molecule has 0 saturated carbocycles. The molecule has 0 radical (unpaired) electrons. The standard InChI is InChI=1S/C12H11N3O5.Na/c1-18-8-6-9(19-2)15-12(14-8)20-7-4-3-5-13-10(7)11(16)17;/h3-6H,1-2H3,(H,16,17);/q;+1/p-1. The third-order valence-electron chi connectivity index (χ3n) is 2.24. The van der Waals surface area contributed by atoms with Crippen molar-refractivity contribution in [2.45, 2.75) is 0 Å². The van der Waals surface area contributed by atoms with Gasteiger partial charge in [0, 0.05) is 6.20 Å². The fourth-order valence-corrected chi connectivity index (χ4v) is 1.36. The van der Waals surface area contributed by atoms with Crippen LogP contribution in [-0.2, 0) is 0 Å². The average molecular weight is 299 g/mol. The summed E-state index contributed by atoms with van der Waals surface area (Å²) in [4.78, 5) is 22.4. The van der Waals surface area contributed by atoms with Gasteiger partial charge in [0.15, 0.2) is 5.75 Å². The first-order valence-corrected chi connectivity index (χ1v) is 5.45. The van der Waals surface area contributed by atoms with Gasteiger partial charge >= 0.3 is 35.6 Å². The maximum Gasteiger partial charge on any atom is 1.00 e. The number of rotatable bonds is 5. The number of aromatic carboxylic acids is 1. The van der Waals surface area contributed by atoms with Crippen molar-refractivity contribution >= 4 is 5.97 Å². The molecule has 0 atom stereocenters. The molecular weight excluding hydrogens is 289 g/mol. The second-order valence-electron chi connectivity index (χ2n) is 3.47. The van der Waals surface area contributed by atoms with Crippen molar-refractivity contribution in [1.29, 1.82) is 0 Å². The third kappa shape index (κ3) is 4.28. The van der Waals surface area contributed by atoms with Crippen LogP contribution in [0.1, 0.15) is 10.5 Å². The molecule has 104 valence electrons. The van der Waals surface area contributed by atoms with E-state index in [1.807, 2.05) is 0 Å². The maximum atomic E-state index is 10.9. The van der Waals surface area contributed by atoms with Gasteiger partial charge in [0.2, 0.25) is 11.8 Å². The molecular formula is C12H10N3NaO5. The van der Waals surface area contributed by atoms with Crippen molar-refractivity contribution in [3.8, 4) is 23.5 Å². The van der Waals surface area contributed by atoms with Crippen LogP contribution in [0.2, 0.25) is 0 Å². The minimum absolute atomic E-state index is 0. The number of aromatic nitrogens is 3. The summed E-state index contributed by atoms with van der Waals surface area (Å²) in [7, 11) is 2.84. The fraction of sp³-hybridized carbons (Fsp3) is 0.167. The summed E-state index contributed by atoms with van der Waals surface area (Å²) in [5.74, 6) is -1.07. The largest absolute Gasteiger partial charge is 1.00 e. The molecule has 2 rings (SSSR count). The second kappa shape index (κ2) is 7.77. The molecule has 8 nitrogen and oxygen atoms in total. The van der Waals surface area contributed by atoms with Crippen LogP contribution in [0.25, 0.3) is 0 Å². The zero-order valence-corrected chi connectivity index (χ0v) is 13.7. The minimum Gasteiger partial charge on any atom is -0.543 e. The SMILES string of the molecule is COc1cc(OC)nc(Oc2cccnc2C(=O)[O-])n1.[Na+]. The first-order chi connectivity index (χ1) is 9.63. The summed E-state index contributed by atoms with van der Waals surface area (Å²) in [5.41, 5.74) is -0.349. The van der Waals surface area contributed by atoms with Gasteiger partial charge in [-0.15, -0.1) is 0 Å². The second-order valence-corrected chi connectivity index (χ2v) is 3.47. The molecule has 0 aliphatic carbocycles. The molecule has 0 saturated heterocycles. The number of carboxylic acids is 1. The van der Waals surface area contributed by atoms with Crippen molar-refractivity contribution in [3.63, 3.8) is 0 Å². The molecule has 2 heterocycles. The molecule has 0 spiro atoms. The Morgan fingerprint density at radius 3 is 2.33 bits per heavy atom. The number of carbonyl (C=O) groups is 1. The Morgan fingerprint density at radius 1 is 1.19 bits per heavy atom. The zero-order chi connectivity index (χ0) is 14.5. The van der Waals surface area contributed by atoms with Gasteiger partial charge in [0.1, 0.15) is 5.69 Å². The first-order valence-electron chi connectivity index (χ1n) is 5.45. The van der Waals surface area contributed by atoms with Gasteiger partial charge < -0.3 is 24.1 Å². The van der Waals surface area contributed by atoms with E-state index in [1.165, 1.54) is 38.6 Å². The Bertz CT molecular complexity index is 616. The number of ether oxygens (including phenoxy) is 3. The molecule has 0 aliphatic heterocycles. The van der Waals surface area contributed by atoms with E-state index in [0.717, 1.165) is 0 Å². The molecule has 0 bridgehead atoms. The predicted octanol–water partition coefficient (Wildman–Crippen LogP) is -2.95. The fourth-order valence-electron chi connectivity index (χ4n) is 1.36. The minimum atomic E-state index is -1.46. The van der Waals surface area contributed by atoms with Gasteiger partial charge in [-0.3, -0.25) is 4.98 Å². The topological polar surface area (TPSA) is 106 Å². The van der Waals surface area contributed by atoms with Crippen molar-refractivity contribution in [3.05, 3.63) is 30.1 Å². The third-order valence-corrected chi connectivity index (χ3v) is 2.24. The maximum absolute atomic E-state index is 10.9. The summed E-state index contributed by atoms with van der Waals surface area (Å²) >= 11 is 0. The van der Waals surface area contributed by atoms with Crippen LogP contribution < -0.4 is 48.9 Å². The van der Waals surface area contributed by atoms with Crippen LogP contribution in [0.4, 0.5) is 0 Å². The Kier molecular flexibility index (Phi) is 6.35. The van der Waals surface area contributed by atoms with Crippen LogP contribution in [0.3, 0.4) is 0 Å². The van der Waals surface area contributed by atoms with E-state index >= 15 is 0 Å². The van der Waals surface area contributed by atoms with E-state index < -0.39 is 5.97 Å². The quantitative estimate of drug-likeness (QED) is 0.539. The Balaban J connectivity index is 0.00000220. The van der Waals surface area contributed by atoms with Crippen LogP contribution in [0.5, 0.6) is 23.5 Å². The van der Waals surface area contributed by atoms with Crippen molar-refractivity contribution < 1.29 is 53.7 Å². The van der Waals surface area contributed by atoms with Crippen LogP contribution in [0.15, 0.2) is 24.4 Å². The Morgan fingerprint density at radius 2 is 1.81 bits per heavy atom.